The standard InChI is InChI=1S/C28H47NO4/c1-18(4-7-25(32)29-12-14-33-15-13-29)21-5-6-22-26-23(9-11-28(21,22)3)27(2)10-8-20(30)16-19(27)17-24(26)31/h18-24,26,30-31H,4-17H2,1-3H3/t18-,19+,20-,21-,22+,23+,24+,26+,27+,28-/m1/s1. The van der Waals surface area contributed by atoms with Gasteiger partial charge < -0.3 is 19.8 Å². The van der Waals surface area contributed by atoms with Crippen LogP contribution in [0.2, 0.25) is 0 Å². The molecule has 1 heterocycles. The molecule has 188 valence electrons. The molecule has 5 rings (SSSR count). The van der Waals surface area contributed by atoms with E-state index in [0.717, 1.165) is 45.2 Å². The van der Waals surface area contributed by atoms with Gasteiger partial charge in [-0.15, -0.1) is 0 Å². The summed E-state index contributed by atoms with van der Waals surface area (Å²) in [6.45, 7) is 10.2. The Labute approximate surface area is 200 Å². The molecule has 0 bridgehead atoms. The molecule has 5 heteroatoms. The first-order valence-corrected chi connectivity index (χ1v) is 14.0. The highest BCUT2D eigenvalue weighted by molar-refractivity contribution is 5.76. The van der Waals surface area contributed by atoms with Crippen molar-refractivity contribution in [2.24, 2.45) is 46.3 Å². The molecule has 33 heavy (non-hydrogen) atoms. The number of fused-ring (bicyclic) bond motifs is 5. The van der Waals surface area contributed by atoms with E-state index in [1.807, 2.05) is 4.90 Å². The second-order valence-electron chi connectivity index (χ2n) is 13.0. The van der Waals surface area contributed by atoms with E-state index in [9.17, 15) is 15.0 Å². The highest BCUT2D eigenvalue weighted by Crippen LogP contribution is 2.68. The lowest BCUT2D eigenvalue weighted by Gasteiger charge is -2.62. The molecule has 0 aromatic heterocycles. The van der Waals surface area contributed by atoms with E-state index in [1.165, 1.54) is 25.7 Å². The van der Waals surface area contributed by atoms with Crippen LogP contribution in [0, 0.1) is 46.3 Å². The van der Waals surface area contributed by atoms with E-state index >= 15 is 0 Å². The molecule has 5 fully saturated rings. The number of hydrogen-bond acceptors (Lipinski definition) is 4. The van der Waals surface area contributed by atoms with Crippen LogP contribution in [0.4, 0.5) is 0 Å². The first-order chi connectivity index (χ1) is 15.7. The van der Waals surface area contributed by atoms with Gasteiger partial charge in [0.1, 0.15) is 0 Å². The number of carbonyl (C=O) groups is 1. The fraction of sp³-hybridized carbons (Fsp3) is 0.964. The van der Waals surface area contributed by atoms with Crippen LogP contribution in [0.1, 0.15) is 85.0 Å². The van der Waals surface area contributed by atoms with Crippen LogP contribution in [0.5, 0.6) is 0 Å². The van der Waals surface area contributed by atoms with E-state index in [2.05, 4.69) is 20.8 Å². The highest BCUT2D eigenvalue weighted by Gasteiger charge is 2.62. The maximum absolute atomic E-state index is 12.7. The molecule has 1 saturated heterocycles. The predicted octanol–water partition coefficient (Wildman–Crippen LogP) is 4.25. The molecule has 0 aromatic rings. The van der Waals surface area contributed by atoms with E-state index in [4.69, 9.17) is 4.74 Å². The predicted molar refractivity (Wildman–Crippen MR) is 128 cm³/mol. The van der Waals surface area contributed by atoms with Gasteiger partial charge in [-0.2, -0.15) is 0 Å². The molecule has 0 spiro atoms. The monoisotopic (exact) mass is 461 g/mol. The van der Waals surface area contributed by atoms with Gasteiger partial charge >= 0.3 is 0 Å². The van der Waals surface area contributed by atoms with E-state index in [0.29, 0.717) is 71.9 Å². The molecular formula is C28H47NO4. The summed E-state index contributed by atoms with van der Waals surface area (Å²) < 4.78 is 5.40. The lowest BCUT2D eigenvalue weighted by molar-refractivity contribution is -0.174. The number of aliphatic hydroxyl groups excluding tert-OH is 2. The minimum Gasteiger partial charge on any atom is -0.393 e. The Bertz CT molecular complexity index is 723. The van der Waals surface area contributed by atoms with Gasteiger partial charge in [0.15, 0.2) is 0 Å². The third-order valence-electron chi connectivity index (χ3n) is 11.6. The molecule has 10 atom stereocenters. The fourth-order valence-corrected chi connectivity index (χ4v) is 9.70. The van der Waals surface area contributed by atoms with Gasteiger partial charge in [-0.3, -0.25) is 4.79 Å². The van der Waals surface area contributed by atoms with Crippen LogP contribution in [0.3, 0.4) is 0 Å². The normalized spacial score (nSPS) is 48.5. The average Bonchev–Trinajstić information content (AvgIpc) is 3.16. The number of hydrogen-bond donors (Lipinski definition) is 2. The van der Waals surface area contributed by atoms with E-state index in [1.54, 1.807) is 0 Å². The Balaban J connectivity index is 1.26. The number of ether oxygens (including phenoxy) is 1. The lowest BCUT2D eigenvalue weighted by atomic mass is 9.43. The molecule has 5 nitrogen and oxygen atoms in total. The Morgan fingerprint density at radius 1 is 1.00 bits per heavy atom. The molecule has 2 N–H and O–H groups in total. The van der Waals surface area contributed by atoms with Gasteiger partial charge in [-0.1, -0.05) is 20.8 Å². The second-order valence-corrected chi connectivity index (χ2v) is 13.0. The summed E-state index contributed by atoms with van der Waals surface area (Å²) in [6.07, 6.45) is 10.1. The topological polar surface area (TPSA) is 70.0 Å². The molecule has 1 amide bonds. The summed E-state index contributed by atoms with van der Waals surface area (Å²) in [5.74, 6) is 3.63. The van der Waals surface area contributed by atoms with Crippen LogP contribution in [-0.4, -0.2) is 59.5 Å². The van der Waals surface area contributed by atoms with Crippen molar-refractivity contribution in [3.8, 4) is 0 Å². The minimum absolute atomic E-state index is 0.169. The van der Waals surface area contributed by atoms with E-state index < -0.39 is 0 Å². The zero-order chi connectivity index (χ0) is 23.4. The summed E-state index contributed by atoms with van der Waals surface area (Å²) in [5, 5.41) is 21.7. The van der Waals surface area contributed by atoms with E-state index in [-0.39, 0.29) is 12.2 Å². The summed E-state index contributed by atoms with van der Waals surface area (Å²) in [5.41, 5.74) is 0.583. The van der Waals surface area contributed by atoms with Crippen LogP contribution in [0.25, 0.3) is 0 Å². The van der Waals surface area contributed by atoms with Crippen molar-refractivity contribution in [3.05, 3.63) is 0 Å². The average molecular weight is 462 g/mol. The molecule has 0 aromatic carbocycles. The SMILES string of the molecule is C[C@H](CCC(=O)N1CCOCC1)[C@H]1CC[C@H]2[C@@H]3[C@@H](O)C[C@@H]4C[C@H](O)CC[C@]4(C)[C@H]3CC[C@]12C. The zero-order valence-electron chi connectivity index (χ0n) is 21.2. The van der Waals surface area contributed by atoms with Gasteiger partial charge in [-0.05, 0) is 104 Å². The third kappa shape index (κ3) is 4.08. The number of amides is 1. The zero-order valence-corrected chi connectivity index (χ0v) is 21.2. The molecule has 5 aliphatic rings. The van der Waals surface area contributed by atoms with Crippen molar-refractivity contribution in [1.82, 2.24) is 4.90 Å². The Hall–Kier alpha value is -0.650. The van der Waals surface area contributed by atoms with Crippen molar-refractivity contribution in [3.63, 3.8) is 0 Å². The van der Waals surface area contributed by atoms with Gasteiger partial charge in [0.05, 0.1) is 25.4 Å². The molecule has 0 unspecified atom stereocenters. The smallest absolute Gasteiger partial charge is 0.222 e. The number of rotatable bonds is 4. The Morgan fingerprint density at radius 3 is 2.45 bits per heavy atom. The van der Waals surface area contributed by atoms with Crippen LogP contribution < -0.4 is 0 Å². The Kier molecular flexibility index (Phi) is 6.63. The van der Waals surface area contributed by atoms with Gasteiger partial charge in [-0.25, -0.2) is 0 Å². The van der Waals surface area contributed by atoms with Crippen molar-refractivity contribution < 1.29 is 19.7 Å². The summed E-state index contributed by atoms with van der Waals surface area (Å²) in [4.78, 5) is 14.7. The Morgan fingerprint density at radius 2 is 1.70 bits per heavy atom. The largest absolute Gasteiger partial charge is 0.393 e. The quantitative estimate of drug-likeness (QED) is 0.657. The maximum atomic E-state index is 12.7. The van der Waals surface area contributed by atoms with Crippen LogP contribution in [-0.2, 0) is 9.53 Å². The molecule has 4 saturated carbocycles. The fourth-order valence-electron chi connectivity index (χ4n) is 9.70. The molecule has 4 aliphatic carbocycles. The molecule has 0 radical (unpaired) electrons. The third-order valence-corrected chi connectivity index (χ3v) is 11.6. The van der Waals surface area contributed by atoms with Gasteiger partial charge in [0.25, 0.3) is 0 Å². The summed E-state index contributed by atoms with van der Waals surface area (Å²) >= 11 is 0. The van der Waals surface area contributed by atoms with Gasteiger partial charge in [0, 0.05) is 19.5 Å². The summed E-state index contributed by atoms with van der Waals surface area (Å²) in [6, 6.07) is 0. The van der Waals surface area contributed by atoms with Crippen LogP contribution in [0.15, 0.2) is 0 Å². The molecule has 1 aliphatic heterocycles. The number of carbonyl (C=O) groups excluding carboxylic acids is 1. The number of morpholine rings is 1. The number of nitrogens with zero attached hydrogens (tertiary/aromatic N) is 1. The summed E-state index contributed by atoms with van der Waals surface area (Å²) in [7, 11) is 0. The van der Waals surface area contributed by atoms with Crippen LogP contribution >= 0.6 is 0 Å². The minimum atomic E-state index is -0.208. The van der Waals surface area contributed by atoms with Gasteiger partial charge in [0.2, 0.25) is 5.91 Å². The maximum Gasteiger partial charge on any atom is 0.222 e. The van der Waals surface area contributed by atoms with Crippen molar-refractivity contribution in [2.45, 2.75) is 97.2 Å². The van der Waals surface area contributed by atoms with Crippen molar-refractivity contribution >= 4 is 5.91 Å². The van der Waals surface area contributed by atoms with Crippen molar-refractivity contribution in [2.75, 3.05) is 26.3 Å². The first kappa shape index (κ1) is 24.1. The number of aliphatic hydroxyl groups is 2. The first-order valence-electron chi connectivity index (χ1n) is 14.0. The van der Waals surface area contributed by atoms with Crippen molar-refractivity contribution in [1.29, 1.82) is 0 Å². The molecular weight excluding hydrogens is 414 g/mol. The second kappa shape index (κ2) is 9.09. The lowest BCUT2D eigenvalue weighted by Crippen LogP contribution is -2.58. The highest BCUT2D eigenvalue weighted by atomic mass is 16.5.